The van der Waals surface area contributed by atoms with Gasteiger partial charge in [-0.1, -0.05) is 0 Å². The standard InChI is InChI=1S/C13H17NO3/c15-11-7-13-12(16-4-1-5-17-13)6-10(11)9-2-3-14-8-9/h6-7,9,14-15H,1-5,8H2. The molecule has 1 atom stereocenters. The molecule has 2 N–H and O–H groups in total. The quantitative estimate of drug-likeness (QED) is 0.776. The highest BCUT2D eigenvalue weighted by Gasteiger charge is 2.23. The van der Waals surface area contributed by atoms with Gasteiger partial charge in [-0.2, -0.15) is 0 Å². The normalized spacial score (nSPS) is 23.4. The van der Waals surface area contributed by atoms with Crippen LogP contribution in [0.3, 0.4) is 0 Å². The number of hydrogen-bond donors (Lipinski definition) is 2. The molecule has 0 aromatic heterocycles. The molecule has 0 radical (unpaired) electrons. The molecule has 4 heteroatoms. The molecule has 0 aliphatic carbocycles. The lowest BCUT2D eigenvalue weighted by Gasteiger charge is -2.15. The molecule has 17 heavy (non-hydrogen) atoms. The summed E-state index contributed by atoms with van der Waals surface area (Å²) in [5.74, 6) is 2.13. The lowest BCUT2D eigenvalue weighted by molar-refractivity contribution is 0.296. The number of phenolic OH excluding ortho intramolecular Hbond substituents is 1. The fourth-order valence-electron chi connectivity index (χ4n) is 2.46. The molecular formula is C13H17NO3. The topological polar surface area (TPSA) is 50.7 Å². The molecule has 4 nitrogen and oxygen atoms in total. The Balaban J connectivity index is 1.96. The summed E-state index contributed by atoms with van der Waals surface area (Å²) < 4.78 is 11.2. The van der Waals surface area contributed by atoms with E-state index in [0.717, 1.165) is 37.2 Å². The number of aromatic hydroxyl groups is 1. The molecule has 1 fully saturated rings. The maximum Gasteiger partial charge on any atom is 0.164 e. The van der Waals surface area contributed by atoms with Crippen molar-refractivity contribution in [1.29, 1.82) is 0 Å². The summed E-state index contributed by atoms with van der Waals surface area (Å²) >= 11 is 0. The Kier molecular flexibility index (Phi) is 2.81. The van der Waals surface area contributed by atoms with Gasteiger partial charge in [0, 0.05) is 30.5 Å². The van der Waals surface area contributed by atoms with Crippen LogP contribution >= 0.6 is 0 Å². The first kappa shape index (κ1) is 10.7. The van der Waals surface area contributed by atoms with Crippen LogP contribution in [0.15, 0.2) is 12.1 Å². The Bertz CT molecular complexity index is 413. The minimum atomic E-state index is 0.322. The molecule has 0 bridgehead atoms. The fourth-order valence-corrected chi connectivity index (χ4v) is 2.46. The van der Waals surface area contributed by atoms with Crippen LogP contribution < -0.4 is 14.8 Å². The molecule has 0 amide bonds. The van der Waals surface area contributed by atoms with E-state index in [1.807, 2.05) is 6.07 Å². The number of fused-ring (bicyclic) bond motifs is 1. The first-order valence-electron chi connectivity index (χ1n) is 6.18. The van der Waals surface area contributed by atoms with Crippen LogP contribution in [0, 0.1) is 0 Å². The van der Waals surface area contributed by atoms with E-state index in [9.17, 15) is 5.11 Å². The number of nitrogens with one attached hydrogen (secondary N) is 1. The molecule has 1 unspecified atom stereocenters. The number of hydrogen-bond acceptors (Lipinski definition) is 4. The summed E-state index contributed by atoms with van der Waals surface area (Å²) in [5.41, 5.74) is 0.972. The van der Waals surface area contributed by atoms with Crippen molar-refractivity contribution in [1.82, 2.24) is 5.32 Å². The molecule has 1 saturated heterocycles. The monoisotopic (exact) mass is 235 g/mol. The molecule has 1 aromatic carbocycles. The van der Waals surface area contributed by atoms with Crippen molar-refractivity contribution in [3.8, 4) is 17.2 Å². The Hall–Kier alpha value is -1.42. The molecule has 92 valence electrons. The van der Waals surface area contributed by atoms with Gasteiger partial charge in [-0.3, -0.25) is 0 Å². The van der Waals surface area contributed by atoms with Gasteiger partial charge in [0.05, 0.1) is 13.2 Å². The molecule has 0 saturated carbocycles. The van der Waals surface area contributed by atoms with Crippen molar-refractivity contribution in [3.63, 3.8) is 0 Å². The smallest absolute Gasteiger partial charge is 0.164 e. The number of phenols is 1. The molecule has 2 heterocycles. The van der Waals surface area contributed by atoms with Gasteiger partial charge < -0.3 is 19.9 Å². The van der Waals surface area contributed by atoms with Gasteiger partial charge in [0.1, 0.15) is 5.75 Å². The van der Waals surface area contributed by atoms with E-state index in [1.54, 1.807) is 6.07 Å². The summed E-state index contributed by atoms with van der Waals surface area (Å²) in [4.78, 5) is 0. The van der Waals surface area contributed by atoms with E-state index in [1.165, 1.54) is 0 Å². The average Bonchev–Trinajstić information content (AvgIpc) is 2.75. The molecule has 1 aromatic rings. The van der Waals surface area contributed by atoms with Crippen molar-refractivity contribution in [2.75, 3.05) is 26.3 Å². The van der Waals surface area contributed by atoms with Crippen LogP contribution in [0.5, 0.6) is 17.2 Å². The van der Waals surface area contributed by atoms with Crippen LogP contribution in [-0.4, -0.2) is 31.4 Å². The molecular weight excluding hydrogens is 218 g/mol. The zero-order chi connectivity index (χ0) is 11.7. The average molecular weight is 235 g/mol. The summed E-state index contributed by atoms with van der Waals surface area (Å²) in [6.45, 7) is 3.27. The molecule has 2 aliphatic heterocycles. The van der Waals surface area contributed by atoms with Gasteiger partial charge in [-0.15, -0.1) is 0 Å². The Morgan fingerprint density at radius 3 is 2.65 bits per heavy atom. The maximum atomic E-state index is 10.1. The predicted molar refractivity (Wildman–Crippen MR) is 63.9 cm³/mol. The Labute approximate surface area is 101 Å². The Morgan fingerprint density at radius 1 is 1.18 bits per heavy atom. The molecule has 2 aliphatic rings. The van der Waals surface area contributed by atoms with Crippen LogP contribution in [-0.2, 0) is 0 Å². The van der Waals surface area contributed by atoms with Gasteiger partial charge >= 0.3 is 0 Å². The first-order valence-corrected chi connectivity index (χ1v) is 6.18. The maximum absolute atomic E-state index is 10.1. The summed E-state index contributed by atoms with van der Waals surface area (Å²) in [7, 11) is 0. The second-order valence-corrected chi connectivity index (χ2v) is 4.60. The lowest BCUT2D eigenvalue weighted by atomic mass is 9.97. The molecule has 3 rings (SSSR count). The minimum absolute atomic E-state index is 0.322. The second-order valence-electron chi connectivity index (χ2n) is 4.60. The van der Waals surface area contributed by atoms with E-state index in [0.29, 0.717) is 30.6 Å². The fraction of sp³-hybridized carbons (Fsp3) is 0.538. The zero-order valence-electron chi connectivity index (χ0n) is 9.74. The van der Waals surface area contributed by atoms with Crippen molar-refractivity contribution in [3.05, 3.63) is 17.7 Å². The zero-order valence-corrected chi connectivity index (χ0v) is 9.74. The van der Waals surface area contributed by atoms with E-state index in [4.69, 9.17) is 9.47 Å². The predicted octanol–water partition coefficient (Wildman–Crippen LogP) is 1.63. The second kappa shape index (κ2) is 4.45. The van der Waals surface area contributed by atoms with Gasteiger partial charge in [0.2, 0.25) is 0 Å². The van der Waals surface area contributed by atoms with Gasteiger partial charge in [0.15, 0.2) is 11.5 Å². The van der Waals surface area contributed by atoms with Crippen LogP contribution in [0.2, 0.25) is 0 Å². The third-order valence-corrected chi connectivity index (χ3v) is 3.40. The SMILES string of the molecule is Oc1cc2c(cc1C1CCNC1)OCCCO2. The van der Waals surface area contributed by atoms with E-state index >= 15 is 0 Å². The summed E-state index contributed by atoms with van der Waals surface area (Å²) in [6.07, 6.45) is 1.95. The van der Waals surface area contributed by atoms with Crippen molar-refractivity contribution in [2.45, 2.75) is 18.8 Å². The van der Waals surface area contributed by atoms with Crippen LogP contribution in [0.4, 0.5) is 0 Å². The van der Waals surface area contributed by atoms with E-state index < -0.39 is 0 Å². The highest BCUT2D eigenvalue weighted by Crippen LogP contribution is 2.40. The first-order chi connectivity index (χ1) is 8.34. The number of ether oxygens (including phenoxy) is 2. The largest absolute Gasteiger partial charge is 0.508 e. The third kappa shape index (κ3) is 2.05. The minimum Gasteiger partial charge on any atom is -0.508 e. The van der Waals surface area contributed by atoms with Gasteiger partial charge in [-0.25, -0.2) is 0 Å². The molecule has 0 spiro atoms. The van der Waals surface area contributed by atoms with Gasteiger partial charge in [0.25, 0.3) is 0 Å². The highest BCUT2D eigenvalue weighted by molar-refractivity contribution is 5.51. The van der Waals surface area contributed by atoms with Crippen molar-refractivity contribution < 1.29 is 14.6 Å². The number of rotatable bonds is 1. The summed E-state index contributed by atoms with van der Waals surface area (Å²) in [6, 6.07) is 3.63. The third-order valence-electron chi connectivity index (χ3n) is 3.40. The highest BCUT2D eigenvalue weighted by atomic mass is 16.5. The summed E-state index contributed by atoms with van der Waals surface area (Å²) in [5, 5.41) is 13.4. The van der Waals surface area contributed by atoms with E-state index in [2.05, 4.69) is 5.32 Å². The van der Waals surface area contributed by atoms with Crippen LogP contribution in [0.25, 0.3) is 0 Å². The lowest BCUT2D eigenvalue weighted by Crippen LogP contribution is -2.08. The van der Waals surface area contributed by atoms with Gasteiger partial charge in [-0.05, 0) is 19.0 Å². The number of benzene rings is 1. The van der Waals surface area contributed by atoms with E-state index in [-0.39, 0.29) is 0 Å². The van der Waals surface area contributed by atoms with Crippen molar-refractivity contribution in [2.24, 2.45) is 0 Å². The van der Waals surface area contributed by atoms with Crippen molar-refractivity contribution >= 4 is 0 Å². The Morgan fingerprint density at radius 2 is 1.94 bits per heavy atom. The van der Waals surface area contributed by atoms with Crippen LogP contribution in [0.1, 0.15) is 24.3 Å².